The van der Waals surface area contributed by atoms with Crippen molar-refractivity contribution in [2.45, 2.75) is 6.04 Å². The van der Waals surface area contributed by atoms with Gasteiger partial charge in [0, 0.05) is 6.54 Å². The third kappa shape index (κ3) is 2.13. The maximum atomic E-state index is 13.0. The molecule has 0 unspecified atom stereocenters. The molecule has 4 heteroatoms. The van der Waals surface area contributed by atoms with E-state index in [0.717, 1.165) is 18.7 Å². The van der Waals surface area contributed by atoms with E-state index in [0.29, 0.717) is 11.1 Å². The lowest BCUT2D eigenvalue weighted by atomic mass is 10.1. The van der Waals surface area contributed by atoms with Gasteiger partial charge in [-0.1, -0.05) is 6.07 Å². The van der Waals surface area contributed by atoms with Crippen LogP contribution < -0.4 is 5.32 Å². The fraction of sp³-hybridized carbons (Fsp3) is 0.400. The van der Waals surface area contributed by atoms with Gasteiger partial charge in [0.05, 0.1) is 23.7 Å². The Labute approximate surface area is 90.6 Å². The standard InChI is InChI=1S/C10H11BrFNO/c11-8-5-7(1-2-9(8)12)10-6-14-4-3-13-10/h1-2,5,10,13H,3-4,6H2/t10-/m0/s1. The summed E-state index contributed by atoms with van der Waals surface area (Å²) in [6.45, 7) is 2.25. The fourth-order valence-electron chi connectivity index (χ4n) is 1.51. The maximum absolute atomic E-state index is 13.0. The van der Waals surface area contributed by atoms with Gasteiger partial charge < -0.3 is 10.1 Å². The van der Waals surface area contributed by atoms with Crippen LogP contribution in [-0.2, 0) is 4.74 Å². The lowest BCUT2D eigenvalue weighted by Gasteiger charge is -2.24. The lowest BCUT2D eigenvalue weighted by molar-refractivity contribution is 0.0768. The van der Waals surface area contributed by atoms with Gasteiger partial charge in [0.1, 0.15) is 5.82 Å². The molecule has 0 aliphatic carbocycles. The summed E-state index contributed by atoms with van der Waals surface area (Å²) in [5.74, 6) is -0.231. The number of ether oxygens (including phenoxy) is 1. The van der Waals surface area contributed by atoms with E-state index in [1.54, 1.807) is 12.1 Å². The van der Waals surface area contributed by atoms with Crippen LogP contribution in [0.15, 0.2) is 22.7 Å². The largest absolute Gasteiger partial charge is 0.378 e. The highest BCUT2D eigenvalue weighted by Gasteiger charge is 2.15. The first-order chi connectivity index (χ1) is 6.77. The summed E-state index contributed by atoms with van der Waals surface area (Å²) in [5, 5.41) is 3.31. The van der Waals surface area contributed by atoms with Gasteiger partial charge in [-0.3, -0.25) is 0 Å². The molecule has 1 aliphatic rings. The quantitative estimate of drug-likeness (QED) is 0.836. The number of nitrogens with one attached hydrogen (secondary N) is 1. The van der Waals surface area contributed by atoms with Gasteiger partial charge in [-0.15, -0.1) is 0 Å². The highest BCUT2D eigenvalue weighted by molar-refractivity contribution is 9.10. The van der Waals surface area contributed by atoms with Gasteiger partial charge in [-0.25, -0.2) is 4.39 Å². The number of morpholine rings is 1. The van der Waals surface area contributed by atoms with Crippen LogP contribution in [0.25, 0.3) is 0 Å². The van der Waals surface area contributed by atoms with Gasteiger partial charge in [0.2, 0.25) is 0 Å². The van der Waals surface area contributed by atoms with E-state index in [9.17, 15) is 4.39 Å². The van der Waals surface area contributed by atoms with Crippen molar-refractivity contribution in [3.05, 3.63) is 34.1 Å². The van der Waals surface area contributed by atoms with Crippen LogP contribution in [0.5, 0.6) is 0 Å². The van der Waals surface area contributed by atoms with Gasteiger partial charge >= 0.3 is 0 Å². The second kappa shape index (κ2) is 4.38. The zero-order valence-corrected chi connectivity index (χ0v) is 9.18. The Morgan fingerprint density at radius 2 is 2.36 bits per heavy atom. The van der Waals surface area contributed by atoms with Gasteiger partial charge in [-0.05, 0) is 33.6 Å². The van der Waals surface area contributed by atoms with Crippen LogP contribution in [0.1, 0.15) is 11.6 Å². The molecule has 1 fully saturated rings. The number of halogens is 2. The summed E-state index contributed by atoms with van der Waals surface area (Å²) in [7, 11) is 0. The first-order valence-corrected chi connectivity index (χ1v) is 5.33. The monoisotopic (exact) mass is 259 g/mol. The fourth-order valence-corrected chi connectivity index (χ4v) is 1.91. The van der Waals surface area contributed by atoms with Crippen LogP contribution in [-0.4, -0.2) is 19.8 Å². The molecule has 2 rings (SSSR count). The Kier molecular flexibility index (Phi) is 3.15. The summed E-state index contributed by atoms with van der Waals surface area (Å²) in [6.07, 6.45) is 0. The molecule has 0 bridgehead atoms. The molecule has 1 aromatic rings. The summed E-state index contributed by atoms with van der Waals surface area (Å²) in [5.41, 5.74) is 1.05. The number of hydrogen-bond donors (Lipinski definition) is 1. The normalized spacial score (nSPS) is 22.3. The summed E-state index contributed by atoms with van der Waals surface area (Å²) in [6, 6.07) is 5.23. The first kappa shape index (κ1) is 10.1. The SMILES string of the molecule is Fc1ccc([C@@H]2COCCN2)cc1Br. The first-order valence-electron chi connectivity index (χ1n) is 4.53. The smallest absolute Gasteiger partial charge is 0.137 e. The Morgan fingerprint density at radius 3 is 3.00 bits per heavy atom. The van der Waals surface area contributed by atoms with Gasteiger partial charge in [0.25, 0.3) is 0 Å². The summed E-state index contributed by atoms with van der Waals surface area (Å²) in [4.78, 5) is 0. The number of hydrogen-bond acceptors (Lipinski definition) is 2. The summed E-state index contributed by atoms with van der Waals surface area (Å²) < 4.78 is 18.8. The van der Waals surface area contributed by atoms with Crippen molar-refractivity contribution in [2.24, 2.45) is 0 Å². The highest BCUT2D eigenvalue weighted by atomic mass is 79.9. The molecule has 1 heterocycles. The van der Waals surface area contributed by atoms with Crippen LogP contribution in [0.3, 0.4) is 0 Å². The van der Waals surface area contributed by atoms with E-state index in [-0.39, 0.29) is 11.9 Å². The number of benzene rings is 1. The predicted octanol–water partition coefficient (Wildman–Crippen LogP) is 2.25. The summed E-state index contributed by atoms with van der Waals surface area (Å²) >= 11 is 3.17. The highest BCUT2D eigenvalue weighted by Crippen LogP contribution is 2.22. The molecule has 0 amide bonds. The molecule has 1 saturated heterocycles. The minimum atomic E-state index is -0.231. The molecule has 2 nitrogen and oxygen atoms in total. The average Bonchev–Trinajstić information content (AvgIpc) is 2.23. The lowest BCUT2D eigenvalue weighted by Crippen LogP contribution is -2.34. The van der Waals surface area contributed by atoms with Crippen LogP contribution in [0.4, 0.5) is 4.39 Å². The van der Waals surface area contributed by atoms with Crippen molar-refractivity contribution in [3.63, 3.8) is 0 Å². The van der Waals surface area contributed by atoms with Gasteiger partial charge in [0.15, 0.2) is 0 Å². The third-order valence-corrected chi connectivity index (χ3v) is 2.88. The van der Waals surface area contributed by atoms with Crippen molar-refractivity contribution in [2.75, 3.05) is 19.8 Å². The van der Waals surface area contributed by atoms with Crippen LogP contribution in [0.2, 0.25) is 0 Å². The zero-order chi connectivity index (χ0) is 9.97. The molecular formula is C10H11BrFNO. The van der Waals surface area contributed by atoms with Crippen LogP contribution >= 0.6 is 15.9 Å². The van der Waals surface area contributed by atoms with E-state index >= 15 is 0 Å². The van der Waals surface area contributed by atoms with E-state index in [2.05, 4.69) is 21.2 Å². The van der Waals surface area contributed by atoms with Crippen molar-refractivity contribution < 1.29 is 9.13 Å². The number of rotatable bonds is 1. The Hall–Kier alpha value is -0.450. The minimum absolute atomic E-state index is 0.181. The molecule has 0 aromatic heterocycles. The Morgan fingerprint density at radius 1 is 1.50 bits per heavy atom. The van der Waals surface area contributed by atoms with E-state index < -0.39 is 0 Å². The van der Waals surface area contributed by atoms with Crippen molar-refractivity contribution in [3.8, 4) is 0 Å². The second-order valence-corrected chi connectivity index (χ2v) is 4.11. The Balaban J connectivity index is 2.18. The minimum Gasteiger partial charge on any atom is -0.378 e. The van der Waals surface area contributed by atoms with Crippen molar-refractivity contribution in [1.82, 2.24) is 5.32 Å². The van der Waals surface area contributed by atoms with E-state index in [4.69, 9.17) is 4.74 Å². The molecule has 0 radical (unpaired) electrons. The molecular weight excluding hydrogens is 249 g/mol. The second-order valence-electron chi connectivity index (χ2n) is 3.26. The van der Waals surface area contributed by atoms with Crippen molar-refractivity contribution in [1.29, 1.82) is 0 Å². The molecule has 0 saturated carbocycles. The average molecular weight is 260 g/mol. The molecule has 1 aromatic carbocycles. The molecule has 76 valence electrons. The molecule has 14 heavy (non-hydrogen) atoms. The topological polar surface area (TPSA) is 21.3 Å². The predicted molar refractivity (Wildman–Crippen MR) is 55.7 cm³/mol. The molecule has 1 N–H and O–H groups in total. The van der Waals surface area contributed by atoms with Crippen molar-refractivity contribution >= 4 is 15.9 Å². The molecule has 1 atom stereocenters. The molecule has 1 aliphatic heterocycles. The van der Waals surface area contributed by atoms with Crippen LogP contribution in [0, 0.1) is 5.82 Å². The Bertz CT molecular complexity index is 326. The van der Waals surface area contributed by atoms with Gasteiger partial charge in [-0.2, -0.15) is 0 Å². The zero-order valence-electron chi connectivity index (χ0n) is 7.59. The maximum Gasteiger partial charge on any atom is 0.137 e. The third-order valence-electron chi connectivity index (χ3n) is 2.27. The van der Waals surface area contributed by atoms with E-state index in [1.165, 1.54) is 6.07 Å². The van der Waals surface area contributed by atoms with E-state index in [1.807, 2.05) is 0 Å². The molecule has 0 spiro atoms.